The van der Waals surface area contributed by atoms with Crippen molar-refractivity contribution in [1.82, 2.24) is 14.9 Å². The van der Waals surface area contributed by atoms with E-state index in [1.807, 2.05) is 29.8 Å². The van der Waals surface area contributed by atoms with Gasteiger partial charge in [-0.2, -0.15) is 0 Å². The number of benzene rings is 2. The number of hydrogen-bond acceptors (Lipinski definition) is 4. The van der Waals surface area contributed by atoms with Crippen LogP contribution in [-0.4, -0.2) is 37.0 Å². The lowest BCUT2D eigenvalue weighted by atomic mass is 10.1. The van der Waals surface area contributed by atoms with Gasteiger partial charge in [0.15, 0.2) is 0 Å². The van der Waals surface area contributed by atoms with Crippen LogP contribution < -0.4 is 9.62 Å². The quantitative estimate of drug-likeness (QED) is 0.505. The lowest BCUT2D eigenvalue weighted by Gasteiger charge is -2.26. The van der Waals surface area contributed by atoms with Crippen LogP contribution in [0.15, 0.2) is 78.2 Å². The number of amides is 1. The molecule has 158 valence electrons. The van der Waals surface area contributed by atoms with E-state index < -0.39 is 10.0 Å². The summed E-state index contributed by atoms with van der Waals surface area (Å²) in [6, 6.07) is 15.5. The maximum atomic E-state index is 13.4. The summed E-state index contributed by atoms with van der Waals surface area (Å²) < 4.78 is 29.8. The minimum atomic E-state index is -3.89. The molecular formula is C22H26N4O3S. The van der Waals surface area contributed by atoms with E-state index in [4.69, 9.17) is 0 Å². The fraction of sp³-hybridized carbons (Fsp3) is 0.273. The predicted molar refractivity (Wildman–Crippen MR) is 117 cm³/mol. The Morgan fingerprint density at radius 3 is 2.53 bits per heavy atom. The van der Waals surface area contributed by atoms with Crippen LogP contribution in [-0.2, 0) is 27.8 Å². The molecule has 0 fully saturated rings. The molecule has 2 aromatic carbocycles. The van der Waals surface area contributed by atoms with Crippen LogP contribution >= 0.6 is 0 Å². The first kappa shape index (κ1) is 21.6. The van der Waals surface area contributed by atoms with Crippen LogP contribution in [0, 0.1) is 0 Å². The molecule has 0 atom stereocenters. The lowest BCUT2D eigenvalue weighted by molar-refractivity contribution is -0.119. The topological polar surface area (TPSA) is 84.3 Å². The Kier molecular flexibility index (Phi) is 7.24. The molecule has 30 heavy (non-hydrogen) atoms. The van der Waals surface area contributed by atoms with E-state index in [1.54, 1.807) is 55.0 Å². The van der Waals surface area contributed by atoms with Gasteiger partial charge in [-0.05, 0) is 36.6 Å². The molecule has 0 unspecified atom stereocenters. The van der Waals surface area contributed by atoms with Crippen LogP contribution in [0.5, 0.6) is 0 Å². The number of carbonyl (C=O) groups is 1. The molecule has 0 saturated heterocycles. The molecule has 0 aliphatic carbocycles. The van der Waals surface area contributed by atoms with E-state index in [0.29, 0.717) is 18.7 Å². The summed E-state index contributed by atoms with van der Waals surface area (Å²) in [4.78, 5) is 16.8. The largest absolute Gasteiger partial charge is 0.354 e. The summed E-state index contributed by atoms with van der Waals surface area (Å²) in [5, 5.41) is 2.83. The molecule has 1 amide bonds. The summed E-state index contributed by atoms with van der Waals surface area (Å²) >= 11 is 0. The summed E-state index contributed by atoms with van der Waals surface area (Å²) in [6.07, 6.45) is 6.66. The van der Waals surface area contributed by atoms with Crippen molar-refractivity contribution in [3.05, 3.63) is 78.9 Å². The Balaban J connectivity index is 1.77. The van der Waals surface area contributed by atoms with Gasteiger partial charge in [0.25, 0.3) is 10.0 Å². The van der Waals surface area contributed by atoms with Gasteiger partial charge in [0.2, 0.25) is 5.91 Å². The fourth-order valence-electron chi connectivity index (χ4n) is 3.17. The molecule has 0 radical (unpaired) electrons. The zero-order valence-corrected chi connectivity index (χ0v) is 17.8. The highest BCUT2D eigenvalue weighted by Crippen LogP contribution is 2.27. The Morgan fingerprint density at radius 2 is 1.83 bits per heavy atom. The Morgan fingerprint density at radius 1 is 1.10 bits per heavy atom. The zero-order chi connectivity index (χ0) is 21.4. The molecule has 0 spiro atoms. The summed E-state index contributed by atoms with van der Waals surface area (Å²) in [6.45, 7) is 2.86. The Labute approximate surface area is 177 Å². The number of sulfonamides is 1. The number of aryl methyl sites for hydroxylation is 2. The van der Waals surface area contributed by atoms with Crippen LogP contribution in [0.25, 0.3) is 0 Å². The third-order valence-electron chi connectivity index (χ3n) is 4.73. The number of aromatic nitrogens is 2. The van der Waals surface area contributed by atoms with E-state index in [0.717, 1.165) is 18.5 Å². The van der Waals surface area contributed by atoms with Crippen molar-refractivity contribution in [3.63, 3.8) is 0 Å². The molecule has 7 nitrogen and oxygen atoms in total. The maximum absolute atomic E-state index is 13.4. The number of imidazole rings is 1. The van der Waals surface area contributed by atoms with E-state index in [9.17, 15) is 13.2 Å². The van der Waals surface area contributed by atoms with Gasteiger partial charge < -0.3 is 9.88 Å². The number of rotatable bonds is 10. The molecular weight excluding hydrogens is 400 g/mol. The van der Waals surface area contributed by atoms with Gasteiger partial charge in [-0.1, -0.05) is 43.3 Å². The number of anilines is 1. The molecule has 3 rings (SSSR count). The summed E-state index contributed by atoms with van der Waals surface area (Å²) in [7, 11) is -3.89. The van der Waals surface area contributed by atoms with Crippen LogP contribution in [0.4, 0.5) is 5.69 Å². The molecule has 0 aliphatic heterocycles. The maximum Gasteiger partial charge on any atom is 0.264 e. The van der Waals surface area contributed by atoms with Gasteiger partial charge in [0.1, 0.15) is 6.54 Å². The average molecular weight is 427 g/mol. The van der Waals surface area contributed by atoms with Gasteiger partial charge in [-0.3, -0.25) is 9.10 Å². The summed E-state index contributed by atoms with van der Waals surface area (Å²) in [5.74, 6) is -0.342. The van der Waals surface area contributed by atoms with Crippen LogP contribution in [0.3, 0.4) is 0 Å². The van der Waals surface area contributed by atoms with Crippen molar-refractivity contribution < 1.29 is 13.2 Å². The van der Waals surface area contributed by atoms with Crippen LogP contribution in [0.2, 0.25) is 0 Å². The van der Waals surface area contributed by atoms with E-state index in [-0.39, 0.29) is 17.3 Å². The second-order valence-corrected chi connectivity index (χ2v) is 8.67. The van der Waals surface area contributed by atoms with Crippen molar-refractivity contribution in [2.45, 2.75) is 31.2 Å². The van der Waals surface area contributed by atoms with Crippen molar-refractivity contribution >= 4 is 21.6 Å². The highest BCUT2D eigenvalue weighted by atomic mass is 32.2. The molecule has 8 heteroatoms. The standard InChI is InChI=1S/C22H26N4O3S/c1-2-19-9-6-7-12-21(19)26(30(28,29)20-10-4-3-5-11-20)17-22(27)24-13-8-15-25-16-14-23-18-25/h3-7,9-12,14,16,18H,2,8,13,15,17H2,1H3,(H,24,27). The van der Waals surface area contributed by atoms with E-state index in [1.165, 1.54) is 4.31 Å². The molecule has 1 N–H and O–H groups in total. The van der Waals surface area contributed by atoms with Crippen LogP contribution in [0.1, 0.15) is 18.9 Å². The van der Waals surface area contributed by atoms with Gasteiger partial charge in [-0.25, -0.2) is 13.4 Å². The SMILES string of the molecule is CCc1ccccc1N(CC(=O)NCCCn1ccnc1)S(=O)(=O)c1ccccc1. The Bertz CT molecular complexity index is 1050. The third kappa shape index (κ3) is 5.27. The highest BCUT2D eigenvalue weighted by molar-refractivity contribution is 7.92. The van der Waals surface area contributed by atoms with Crippen molar-refractivity contribution in [2.24, 2.45) is 0 Å². The Hall–Kier alpha value is -3.13. The fourth-order valence-corrected chi connectivity index (χ4v) is 4.65. The summed E-state index contributed by atoms with van der Waals surface area (Å²) in [5.41, 5.74) is 1.39. The monoisotopic (exact) mass is 426 g/mol. The van der Waals surface area contributed by atoms with Gasteiger partial charge in [0.05, 0.1) is 16.9 Å². The van der Waals surface area contributed by atoms with Gasteiger partial charge >= 0.3 is 0 Å². The lowest BCUT2D eigenvalue weighted by Crippen LogP contribution is -2.41. The highest BCUT2D eigenvalue weighted by Gasteiger charge is 2.28. The number of para-hydroxylation sites is 1. The van der Waals surface area contributed by atoms with Crippen molar-refractivity contribution in [3.8, 4) is 0 Å². The van der Waals surface area contributed by atoms with Crippen molar-refractivity contribution in [1.29, 1.82) is 0 Å². The van der Waals surface area contributed by atoms with E-state index >= 15 is 0 Å². The molecule has 1 aromatic heterocycles. The first-order valence-electron chi connectivity index (χ1n) is 9.90. The minimum Gasteiger partial charge on any atom is -0.354 e. The van der Waals surface area contributed by atoms with Crippen molar-refractivity contribution in [2.75, 3.05) is 17.4 Å². The first-order valence-corrected chi connectivity index (χ1v) is 11.3. The minimum absolute atomic E-state index is 0.156. The molecule has 0 bridgehead atoms. The van der Waals surface area contributed by atoms with Gasteiger partial charge in [0, 0.05) is 25.5 Å². The molecule has 1 heterocycles. The average Bonchev–Trinajstić information content (AvgIpc) is 3.29. The number of nitrogens with zero attached hydrogens (tertiary/aromatic N) is 3. The number of carbonyl (C=O) groups excluding carboxylic acids is 1. The number of hydrogen-bond donors (Lipinski definition) is 1. The zero-order valence-electron chi connectivity index (χ0n) is 16.9. The first-order chi connectivity index (χ1) is 14.5. The predicted octanol–water partition coefficient (Wildman–Crippen LogP) is 2.85. The van der Waals surface area contributed by atoms with E-state index in [2.05, 4.69) is 10.3 Å². The molecule has 0 aliphatic rings. The molecule has 0 saturated carbocycles. The third-order valence-corrected chi connectivity index (χ3v) is 6.51. The van der Waals surface area contributed by atoms with Gasteiger partial charge in [-0.15, -0.1) is 0 Å². The smallest absolute Gasteiger partial charge is 0.264 e. The normalized spacial score (nSPS) is 11.2. The number of nitrogens with one attached hydrogen (secondary N) is 1. The second-order valence-electron chi connectivity index (χ2n) is 6.81. The second kappa shape index (κ2) is 10.1. The molecule has 3 aromatic rings.